The molecule has 1 aromatic carbocycles. The van der Waals surface area contributed by atoms with Gasteiger partial charge in [-0.05, 0) is 50.7 Å². The fourth-order valence-corrected chi connectivity index (χ4v) is 3.58. The predicted molar refractivity (Wildman–Crippen MR) is 86.3 cm³/mol. The third-order valence-corrected chi connectivity index (χ3v) is 4.85. The van der Waals surface area contributed by atoms with Crippen LogP contribution in [-0.2, 0) is 10.0 Å². The van der Waals surface area contributed by atoms with Crippen molar-refractivity contribution < 1.29 is 8.42 Å². The van der Waals surface area contributed by atoms with Gasteiger partial charge in [0, 0.05) is 17.1 Å². The third-order valence-electron chi connectivity index (χ3n) is 2.79. The maximum atomic E-state index is 12.4. The molecule has 0 aliphatic heterocycles. The summed E-state index contributed by atoms with van der Waals surface area (Å²) in [5.74, 6) is 0.438. The van der Waals surface area contributed by atoms with Gasteiger partial charge in [0.1, 0.15) is 0 Å². The van der Waals surface area contributed by atoms with Gasteiger partial charge in [-0.1, -0.05) is 29.8 Å². The molecule has 20 heavy (non-hydrogen) atoms. The quantitative estimate of drug-likeness (QED) is 0.810. The topological polar surface area (TPSA) is 49.4 Å². The molecule has 1 N–H and O–H groups in total. The minimum Gasteiger partial charge on any atom is -0.308 e. The fraction of sp³-hybridized carbons (Fsp3) is 0.571. The van der Waals surface area contributed by atoms with Crippen LogP contribution in [0.4, 0.5) is 0 Å². The Kier molecular flexibility index (Phi) is 6.64. The van der Waals surface area contributed by atoms with Gasteiger partial charge in [-0.15, -0.1) is 0 Å². The van der Waals surface area contributed by atoms with E-state index in [9.17, 15) is 8.42 Å². The number of nitrogens with zero attached hydrogens (tertiary/aromatic N) is 1. The summed E-state index contributed by atoms with van der Waals surface area (Å²) in [6.45, 7) is 4.88. The molecule has 0 aromatic heterocycles. The molecule has 4 nitrogen and oxygen atoms in total. The number of likely N-dealkylation sites (N-methyl/N-ethyl adjacent to an activating group) is 1. The third kappa shape index (κ3) is 5.91. The lowest BCUT2D eigenvalue weighted by Crippen LogP contribution is -2.42. The Balaban J connectivity index is 2.87. The number of nitrogens with one attached hydrogen (secondary N) is 1. The van der Waals surface area contributed by atoms with Crippen molar-refractivity contribution in [1.82, 2.24) is 9.62 Å². The van der Waals surface area contributed by atoms with E-state index >= 15 is 0 Å². The monoisotopic (exact) mass is 362 g/mol. The van der Waals surface area contributed by atoms with E-state index in [4.69, 9.17) is 0 Å². The van der Waals surface area contributed by atoms with E-state index in [0.29, 0.717) is 17.4 Å². The van der Waals surface area contributed by atoms with Crippen molar-refractivity contribution in [1.29, 1.82) is 0 Å². The van der Waals surface area contributed by atoms with E-state index in [1.807, 2.05) is 19.0 Å². The maximum absolute atomic E-state index is 12.4. The van der Waals surface area contributed by atoms with Gasteiger partial charge in [-0.2, -0.15) is 0 Å². The molecule has 0 amide bonds. The standard InChI is InChI=1S/C14H23BrN2O2S/c1-11(2)9-13(10-17(3)4)16-20(18,19)14-7-5-12(15)6-8-14/h5-8,11,13,16H,9-10H2,1-4H3. The SMILES string of the molecule is CC(C)CC(CN(C)C)NS(=O)(=O)c1ccc(Br)cc1. The van der Waals surface area contributed by atoms with E-state index in [2.05, 4.69) is 34.5 Å². The van der Waals surface area contributed by atoms with Crippen molar-refractivity contribution in [3.05, 3.63) is 28.7 Å². The van der Waals surface area contributed by atoms with Crippen LogP contribution in [0.3, 0.4) is 0 Å². The van der Waals surface area contributed by atoms with Crippen molar-refractivity contribution in [3.63, 3.8) is 0 Å². The van der Waals surface area contributed by atoms with Crippen LogP contribution < -0.4 is 4.72 Å². The summed E-state index contributed by atoms with van der Waals surface area (Å²) in [7, 11) is 0.426. The molecule has 0 spiro atoms. The van der Waals surface area contributed by atoms with Gasteiger partial charge < -0.3 is 4.90 Å². The van der Waals surface area contributed by atoms with Crippen molar-refractivity contribution in [3.8, 4) is 0 Å². The molecule has 0 aliphatic carbocycles. The first kappa shape index (κ1) is 17.6. The number of hydrogen-bond acceptors (Lipinski definition) is 3. The zero-order valence-corrected chi connectivity index (χ0v) is 14.8. The molecule has 0 bridgehead atoms. The largest absolute Gasteiger partial charge is 0.308 e. The smallest absolute Gasteiger partial charge is 0.240 e. The minimum atomic E-state index is -3.46. The summed E-state index contributed by atoms with van der Waals surface area (Å²) in [5.41, 5.74) is 0. The molecule has 1 atom stereocenters. The molecule has 1 unspecified atom stereocenters. The van der Waals surface area contributed by atoms with Gasteiger partial charge in [0.15, 0.2) is 0 Å². The second kappa shape index (κ2) is 7.54. The number of halogens is 1. The minimum absolute atomic E-state index is 0.0846. The van der Waals surface area contributed by atoms with E-state index in [-0.39, 0.29) is 6.04 Å². The summed E-state index contributed by atoms with van der Waals surface area (Å²) >= 11 is 3.31. The predicted octanol–water partition coefficient (Wildman–Crippen LogP) is 2.70. The summed E-state index contributed by atoms with van der Waals surface area (Å²) < 4.78 is 28.4. The number of hydrogen-bond donors (Lipinski definition) is 1. The average Bonchev–Trinajstić information content (AvgIpc) is 2.26. The molecule has 1 aromatic rings. The highest BCUT2D eigenvalue weighted by Crippen LogP contribution is 2.16. The number of rotatable bonds is 7. The lowest BCUT2D eigenvalue weighted by atomic mass is 10.0. The average molecular weight is 363 g/mol. The van der Waals surface area contributed by atoms with Gasteiger partial charge in [0.25, 0.3) is 0 Å². The van der Waals surface area contributed by atoms with Crippen LogP contribution in [0.5, 0.6) is 0 Å². The molecular weight excluding hydrogens is 340 g/mol. The van der Waals surface area contributed by atoms with E-state index < -0.39 is 10.0 Å². The molecule has 0 heterocycles. The summed E-state index contributed by atoms with van der Waals surface area (Å²) in [6.07, 6.45) is 0.813. The lowest BCUT2D eigenvalue weighted by molar-refractivity contribution is 0.329. The van der Waals surface area contributed by atoms with E-state index in [0.717, 1.165) is 10.9 Å². The summed E-state index contributed by atoms with van der Waals surface area (Å²) in [6, 6.07) is 6.59. The zero-order valence-electron chi connectivity index (χ0n) is 12.4. The molecule has 0 fully saturated rings. The highest BCUT2D eigenvalue weighted by atomic mass is 79.9. The molecular formula is C14H23BrN2O2S. The van der Waals surface area contributed by atoms with Crippen LogP contribution in [0.1, 0.15) is 20.3 Å². The molecule has 6 heteroatoms. The Labute approximate surface area is 130 Å². The molecule has 114 valence electrons. The highest BCUT2D eigenvalue weighted by molar-refractivity contribution is 9.10. The molecule has 0 aliphatic rings. The van der Waals surface area contributed by atoms with E-state index in [1.165, 1.54) is 0 Å². The van der Waals surface area contributed by atoms with Gasteiger partial charge in [-0.25, -0.2) is 13.1 Å². The first-order chi connectivity index (χ1) is 9.20. The van der Waals surface area contributed by atoms with Crippen LogP contribution in [-0.4, -0.2) is 40.0 Å². The lowest BCUT2D eigenvalue weighted by Gasteiger charge is -2.23. The first-order valence-electron chi connectivity index (χ1n) is 6.63. The molecule has 0 saturated carbocycles. The van der Waals surface area contributed by atoms with Crippen LogP contribution in [0.25, 0.3) is 0 Å². The second-order valence-corrected chi connectivity index (χ2v) is 8.29. The zero-order chi connectivity index (χ0) is 15.3. The first-order valence-corrected chi connectivity index (χ1v) is 8.91. The Morgan fingerprint density at radius 1 is 1.20 bits per heavy atom. The number of sulfonamides is 1. The Morgan fingerprint density at radius 2 is 1.75 bits per heavy atom. The van der Waals surface area contributed by atoms with Crippen molar-refractivity contribution in [2.75, 3.05) is 20.6 Å². The fourth-order valence-electron chi connectivity index (χ4n) is 2.07. The molecule has 0 saturated heterocycles. The Bertz CT molecular complexity index is 502. The van der Waals surface area contributed by atoms with Crippen molar-refractivity contribution in [2.24, 2.45) is 5.92 Å². The Hall–Kier alpha value is -0.430. The second-order valence-electron chi connectivity index (χ2n) is 5.66. The van der Waals surface area contributed by atoms with Crippen molar-refractivity contribution >= 4 is 26.0 Å². The molecule has 0 radical (unpaired) electrons. The van der Waals surface area contributed by atoms with Crippen LogP contribution in [0.15, 0.2) is 33.6 Å². The number of benzene rings is 1. The normalized spacial score (nSPS) is 13.9. The Morgan fingerprint density at radius 3 is 2.20 bits per heavy atom. The highest BCUT2D eigenvalue weighted by Gasteiger charge is 2.21. The summed E-state index contributed by atoms with van der Waals surface area (Å²) in [5, 5.41) is 0. The van der Waals surface area contributed by atoms with E-state index in [1.54, 1.807) is 24.3 Å². The van der Waals surface area contributed by atoms with Gasteiger partial charge >= 0.3 is 0 Å². The van der Waals surface area contributed by atoms with Gasteiger partial charge in [0.2, 0.25) is 10.0 Å². The van der Waals surface area contributed by atoms with Gasteiger partial charge in [0.05, 0.1) is 4.90 Å². The molecule has 1 rings (SSSR count). The van der Waals surface area contributed by atoms with Crippen LogP contribution in [0, 0.1) is 5.92 Å². The van der Waals surface area contributed by atoms with Crippen molar-refractivity contribution in [2.45, 2.75) is 31.2 Å². The maximum Gasteiger partial charge on any atom is 0.240 e. The summed E-state index contributed by atoms with van der Waals surface area (Å²) in [4.78, 5) is 2.30. The van der Waals surface area contributed by atoms with Gasteiger partial charge in [-0.3, -0.25) is 0 Å². The van der Waals surface area contributed by atoms with Crippen LogP contribution >= 0.6 is 15.9 Å². The van der Waals surface area contributed by atoms with Crippen LogP contribution in [0.2, 0.25) is 0 Å².